The molecule has 2 N–H and O–H groups in total. The van der Waals surface area contributed by atoms with Crippen molar-refractivity contribution in [1.29, 1.82) is 0 Å². The second-order valence-electron chi connectivity index (χ2n) is 4.58. The van der Waals surface area contributed by atoms with Gasteiger partial charge in [0.25, 0.3) is 0 Å². The molecule has 0 unspecified atom stereocenters. The summed E-state index contributed by atoms with van der Waals surface area (Å²) in [6, 6.07) is 0. The van der Waals surface area contributed by atoms with Crippen LogP contribution in [0.4, 0.5) is 5.95 Å². The molecule has 10 heteroatoms. The lowest BCUT2D eigenvalue weighted by Crippen LogP contribution is -2.01. The third kappa shape index (κ3) is 5.36. The topological polar surface area (TPSA) is 97.3 Å². The molecular formula is C14H21ClN5O3P. The first-order valence-corrected chi connectivity index (χ1v) is 9.29. The van der Waals surface area contributed by atoms with Crippen molar-refractivity contribution in [3.05, 3.63) is 23.6 Å². The number of ether oxygens (including phenoxy) is 1. The van der Waals surface area contributed by atoms with Gasteiger partial charge in [0.2, 0.25) is 5.95 Å². The molecule has 0 fully saturated rings. The van der Waals surface area contributed by atoms with E-state index in [2.05, 4.69) is 15.0 Å². The van der Waals surface area contributed by atoms with Gasteiger partial charge in [-0.05, 0) is 13.8 Å². The van der Waals surface area contributed by atoms with Crippen molar-refractivity contribution in [3.8, 4) is 0 Å². The average molecular weight is 374 g/mol. The van der Waals surface area contributed by atoms with Crippen molar-refractivity contribution in [2.45, 2.75) is 20.4 Å². The van der Waals surface area contributed by atoms with Gasteiger partial charge in [-0.15, -0.1) is 0 Å². The number of hydrogen-bond acceptors (Lipinski definition) is 7. The summed E-state index contributed by atoms with van der Waals surface area (Å²) in [5.41, 5.74) is 6.76. The highest BCUT2D eigenvalue weighted by atomic mass is 35.5. The molecule has 0 aromatic carbocycles. The molecule has 24 heavy (non-hydrogen) atoms. The zero-order valence-corrected chi connectivity index (χ0v) is 15.3. The first-order valence-electron chi connectivity index (χ1n) is 7.55. The standard InChI is InChI=1S/C14H21ClN5O3P/c1-3-22-24(23-4-2)10-21-8-6-5-7-20-9-17-11-12(15)18-14(16)19-13(11)20/h5-6,9H,3-4,7-8,10H2,1-2H3,(H2,16,18,19)/b6-5-. The van der Waals surface area contributed by atoms with E-state index in [1.165, 1.54) is 0 Å². The summed E-state index contributed by atoms with van der Waals surface area (Å²) in [4.78, 5) is 12.2. The molecule has 2 heterocycles. The summed E-state index contributed by atoms with van der Waals surface area (Å²) in [5.74, 6) is 0.127. The van der Waals surface area contributed by atoms with Crippen LogP contribution < -0.4 is 5.73 Å². The van der Waals surface area contributed by atoms with E-state index in [4.69, 9.17) is 31.1 Å². The summed E-state index contributed by atoms with van der Waals surface area (Å²) >= 11 is 5.99. The largest absolute Gasteiger partial charge is 0.368 e. The molecule has 132 valence electrons. The second kappa shape index (κ2) is 9.86. The van der Waals surface area contributed by atoms with E-state index in [1.807, 2.05) is 30.6 Å². The molecule has 0 spiro atoms. The van der Waals surface area contributed by atoms with Gasteiger partial charge in [-0.2, -0.15) is 9.97 Å². The molecule has 0 saturated carbocycles. The van der Waals surface area contributed by atoms with Gasteiger partial charge in [-0.1, -0.05) is 23.8 Å². The molecule has 2 aromatic rings. The lowest BCUT2D eigenvalue weighted by Gasteiger charge is -2.14. The summed E-state index contributed by atoms with van der Waals surface area (Å²) in [6.07, 6.45) is 5.98. The van der Waals surface area contributed by atoms with Gasteiger partial charge in [-0.3, -0.25) is 0 Å². The van der Waals surface area contributed by atoms with Crippen LogP contribution in [0.25, 0.3) is 11.2 Å². The highest BCUT2D eigenvalue weighted by Gasteiger charge is 2.10. The Balaban J connectivity index is 1.82. The van der Waals surface area contributed by atoms with Gasteiger partial charge in [0.05, 0.1) is 26.1 Å². The Morgan fingerprint density at radius 1 is 1.25 bits per heavy atom. The number of nitrogen functional groups attached to an aromatic ring is 1. The molecule has 8 nitrogen and oxygen atoms in total. The average Bonchev–Trinajstić information content (AvgIpc) is 2.94. The zero-order valence-electron chi connectivity index (χ0n) is 13.7. The molecule has 2 rings (SSSR count). The minimum Gasteiger partial charge on any atom is -0.368 e. The van der Waals surface area contributed by atoms with E-state index in [1.54, 1.807) is 6.33 Å². The summed E-state index contributed by atoms with van der Waals surface area (Å²) in [6.45, 7) is 6.17. The van der Waals surface area contributed by atoms with Crippen LogP contribution in [0.3, 0.4) is 0 Å². The van der Waals surface area contributed by atoms with Gasteiger partial charge < -0.3 is 24.1 Å². The van der Waals surface area contributed by atoms with Crippen molar-refractivity contribution in [2.24, 2.45) is 0 Å². The molecule has 0 amide bonds. The minimum atomic E-state index is -0.966. The lowest BCUT2D eigenvalue weighted by molar-refractivity contribution is 0.175. The smallest absolute Gasteiger partial charge is 0.223 e. The van der Waals surface area contributed by atoms with Crippen LogP contribution in [0, 0.1) is 0 Å². The number of imidazole rings is 1. The highest BCUT2D eigenvalue weighted by molar-refractivity contribution is 7.47. The fraction of sp³-hybridized carbons (Fsp3) is 0.500. The number of aromatic nitrogens is 4. The molecule has 0 aliphatic rings. The van der Waals surface area contributed by atoms with Crippen LogP contribution in [0.15, 0.2) is 18.5 Å². The van der Waals surface area contributed by atoms with E-state index >= 15 is 0 Å². The van der Waals surface area contributed by atoms with E-state index in [0.717, 1.165) is 0 Å². The maximum atomic E-state index is 5.99. The molecule has 0 aliphatic heterocycles. The Hall–Kier alpha value is -1.31. The number of fused-ring (bicyclic) bond motifs is 1. The highest BCUT2D eigenvalue weighted by Crippen LogP contribution is 2.37. The van der Waals surface area contributed by atoms with E-state index < -0.39 is 8.38 Å². The molecule has 2 aromatic heterocycles. The Kier molecular flexibility index (Phi) is 7.81. The maximum Gasteiger partial charge on any atom is 0.223 e. The predicted octanol–water partition coefficient (Wildman–Crippen LogP) is 2.98. The van der Waals surface area contributed by atoms with Crippen molar-refractivity contribution in [1.82, 2.24) is 19.5 Å². The minimum absolute atomic E-state index is 0.127. The number of nitrogens with zero attached hydrogens (tertiary/aromatic N) is 4. The fourth-order valence-corrected chi connectivity index (χ4v) is 3.18. The molecule has 0 aliphatic carbocycles. The van der Waals surface area contributed by atoms with Gasteiger partial charge in [0.15, 0.2) is 19.2 Å². The predicted molar refractivity (Wildman–Crippen MR) is 94.9 cm³/mol. The fourth-order valence-electron chi connectivity index (χ4n) is 1.91. The zero-order chi connectivity index (χ0) is 17.4. The van der Waals surface area contributed by atoms with Crippen LogP contribution in [0.2, 0.25) is 5.15 Å². The Morgan fingerprint density at radius 2 is 2.00 bits per heavy atom. The first-order chi connectivity index (χ1) is 11.7. The Morgan fingerprint density at radius 3 is 2.71 bits per heavy atom. The monoisotopic (exact) mass is 373 g/mol. The van der Waals surface area contributed by atoms with Crippen LogP contribution in [-0.4, -0.2) is 45.7 Å². The maximum absolute atomic E-state index is 5.99. The van der Waals surface area contributed by atoms with Crippen molar-refractivity contribution in [2.75, 3.05) is 31.9 Å². The molecule has 0 saturated heterocycles. The third-order valence-corrected chi connectivity index (χ3v) is 4.61. The third-order valence-electron chi connectivity index (χ3n) is 2.86. The summed E-state index contributed by atoms with van der Waals surface area (Å²) in [7, 11) is -0.966. The van der Waals surface area contributed by atoms with Crippen LogP contribution in [-0.2, 0) is 20.3 Å². The molecule has 0 atom stereocenters. The molecular weight excluding hydrogens is 353 g/mol. The van der Waals surface area contributed by atoms with Crippen molar-refractivity contribution >= 4 is 37.1 Å². The number of rotatable bonds is 10. The Labute approximate surface area is 146 Å². The molecule has 0 bridgehead atoms. The van der Waals surface area contributed by atoms with Gasteiger partial charge in [-0.25, -0.2) is 4.98 Å². The molecule has 0 radical (unpaired) electrons. The summed E-state index contributed by atoms with van der Waals surface area (Å²) in [5, 5.41) is 0.253. The normalized spacial score (nSPS) is 12.0. The van der Waals surface area contributed by atoms with E-state index in [0.29, 0.717) is 43.9 Å². The number of anilines is 1. The number of hydrogen-bond donors (Lipinski definition) is 1. The lowest BCUT2D eigenvalue weighted by atomic mass is 10.5. The van der Waals surface area contributed by atoms with Crippen molar-refractivity contribution < 1.29 is 13.8 Å². The van der Waals surface area contributed by atoms with Crippen molar-refractivity contribution in [3.63, 3.8) is 0 Å². The Bertz CT molecular complexity index is 676. The van der Waals surface area contributed by atoms with Crippen LogP contribution >= 0.6 is 20.0 Å². The van der Waals surface area contributed by atoms with E-state index in [9.17, 15) is 0 Å². The first kappa shape index (κ1) is 19.0. The van der Waals surface area contributed by atoms with Gasteiger partial charge in [0.1, 0.15) is 11.9 Å². The van der Waals surface area contributed by atoms with Crippen LogP contribution in [0.1, 0.15) is 13.8 Å². The number of nitrogens with two attached hydrogens (primary N) is 1. The second-order valence-corrected chi connectivity index (χ2v) is 6.38. The number of allylic oxidation sites excluding steroid dienone is 1. The quantitative estimate of drug-likeness (QED) is 0.296. The van der Waals surface area contributed by atoms with Gasteiger partial charge in [0, 0.05) is 6.54 Å². The van der Waals surface area contributed by atoms with Gasteiger partial charge >= 0.3 is 0 Å². The van der Waals surface area contributed by atoms with Crippen LogP contribution in [0.5, 0.6) is 0 Å². The van der Waals surface area contributed by atoms with E-state index in [-0.39, 0.29) is 11.1 Å². The summed E-state index contributed by atoms with van der Waals surface area (Å²) < 4.78 is 18.3. The SMILES string of the molecule is CCOP(COC/C=C\Cn1cnc2c(Cl)nc(N)nc21)OCC. The number of halogens is 1.